The zero-order valence-corrected chi connectivity index (χ0v) is 16.9. The zero-order chi connectivity index (χ0) is 22.5. The van der Waals surface area contributed by atoms with E-state index in [1.54, 1.807) is 30.3 Å². The molecular weight excluding hydrogens is 410 g/mol. The summed E-state index contributed by atoms with van der Waals surface area (Å²) < 4.78 is 2.26. The molecule has 1 amide bonds. The number of amides is 1. The molecule has 2 aromatic carbocycles. The normalized spacial score (nSPS) is 10.6. The van der Waals surface area contributed by atoms with Gasteiger partial charge in [-0.25, -0.2) is 14.3 Å². The molecule has 0 fully saturated rings. The third-order valence-corrected chi connectivity index (χ3v) is 4.82. The van der Waals surface area contributed by atoms with Gasteiger partial charge in [0.15, 0.2) is 0 Å². The number of carbonyl (C=O) groups is 1. The van der Waals surface area contributed by atoms with Crippen molar-refractivity contribution in [2.24, 2.45) is 0 Å². The highest BCUT2D eigenvalue weighted by atomic mass is 16.2. The Kier molecular flexibility index (Phi) is 5.89. The molecule has 0 atom stereocenters. The van der Waals surface area contributed by atoms with Gasteiger partial charge < -0.3 is 10.3 Å². The molecule has 4 rings (SSSR count). The van der Waals surface area contributed by atoms with Crippen molar-refractivity contribution in [3.63, 3.8) is 0 Å². The lowest BCUT2D eigenvalue weighted by molar-refractivity contribution is 0.0949. The van der Waals surface area contributed by atoms with Gasteiger partial charge in [-0.2, -0.15) is 0 Å². The fourth-order valence-electron chi connectivity index (χ4n) is 3.19. The lowest BCUT2D eigenvalue weighted by atomic mass is 10.1. The zero-order valence-electron chi connectivity index (χ0n) is 16.9. The van der Waals surface area contributed by atoms with Gasteiger partial charge in [-0.05, 0) is 12.1 Å². The van der Waals surface area contributed by atoms with Gasteiger partial charge in [0.2, 0.25) is 0 Å². The fourth-order valence-corrected chi connectivity index (χ4v) is 3.19. The Morgan fingerprint density at radius 3 is 2.34 bits per heavy atom. The van der Waals surface area contributed by atoms with Crippen LogP contribution in [0.15, 0.2) is 93.6 Å². The topological polar surface area (TPSA) is 119 Å². The van der Waals surface area contributed by atoms with Crippen LogP contribution < -0.4 is 22.1 Å². The Hall–Kier alpha value is -4.53. The highest BCUT2D eigenvalue weighted by Crippen LogP contribution is 2.13. The average Bonchev–Trinajstić information content (AvgIpc) is 2.81. The molecule has 0 aliphatic carbocycles. The van der Waals surface area contributed by atoms with E-state index in [0.29, 0.717) is 11.4 Å². The van der Waals surface area contributed by atoms with Crippen LogP contribution >= 0.6 is 0 Å². The molecule has 2 aromatic heterocycles. The van der Waals surface area contributed by atoms with Crippen LogP contribution in [0.1, 0.15) is 10.4 Å². The van der Waals surface area contributed by atoms with E-state index < -0.39 is 17.2 Å². The van der Waals surface area contributed by atoms with E-state index in [2.05, 4.69) is 15.3 Å². The molecule has 0 saturated carbocycles. The molecule has 2 heterocycles. The van der Waals surface area contributed by atoms with E-state index >= 15 is 0 Å². The summed E-state index contributed by atoms with van der Waals surface area (Å²) >= 11 is 0. The summed E-state index contributed by atoms with van der Waals surface area (Å²) in [6.07, 6.45) is 2.50. The van der Waals surface area contributed by atoms with Crippen LogP contribution in [0.2, 0.25) is 0 Å². The smallest absolute Gasteiger partial charge is 0.333 e. The van der Waals surface area contributed by atoms with Crippen LogP contribution in [0.4, 0.5) is 0 Å². The summed E-state index contributed by atoms with van der Waals surface area (Å²) in [5, 5.41) is 2.60. The highest BCUT2D eigenvalue weighted by Gasteiger charge is 2.15. The number of rotatable bonds is 6. The number of hydrogen-bond acceptors (Lipinski definition) is 5. The van der Waals surface area contributed by atoms with Crippen LogP contribution in [0.5, 0.6) is 0 Å². The van der Waals surface area contributed by atoms with Crippen LogP contribution in [-0.2, 0) is 6.54 Å². The van der Waals surface area contributed by atoms with Gasteiger partial charge in [0, 0.05) is 30.9 Å². The van der Waals surface area contributed by atoms with Crippen molar-refractivity contribution in [3.8, 4) is 16.9 Å². The van der Waals surface area contributed by atoms with Crippen molar-refractivity contribution in [3.05, 3.63) is 116 Å². The van der Waals surface area contributed by atoms with Crippen molar-refractivity contribution in [2.45, 2.75) is 6.54 Å². The summed E-state index contributed by atoms with van der Waals surface area (Å²) in [6.45, 7) is 0.262. The summed E-state index contributed by atoms with van der Waals surface area (Å²) in [6, 6.07) is 19.1. The minimum Gasteiger partial charge on any atom is -0.350 e. The first kappa shape index (κ1) is 20.7. The lowest BCUT2D eigenvalue weighted by Crippen LogP contribution is -2.40. The Bertz CT molecular complexity index is 1420. The molecule has 9 heteroatoms. The van der Waals surface area contributed by atoms with Gasteiger partial charge in [0.25, 0.3) is 17.0 Å². The third-order valence-electron chi connectivity index (χ3n) is 4.82. The van der Waals surface area contributed by atoms with Gasteiger partial charge in [-0.1, -0.05) is 48.5 Å². The summed E-state index contributed by atoms with van der Waals surface area (Å²) in [7, 11) is 0. The van der Waals surface area contributed by atoms with Crippen molar-refractivity contribution in [1.82, 2.24) is 24.4 Å². The predicted octanol–water partition coefficient (Wildman–Crippen LogP) is 1.18. The first-order chi connectivity index (χ1) is 15.5. The van der Waals surface area contributed by atoms with Crippen LogP contribution in [-0.4, -0.2) is 31.6 Å². The minimum absolute atomic E-state index is 0.0923. The number of aromatic nitrogens is 4. The molecule has 0 bridgehead atoms. The largest absolute Gasteiger partial charge is 0.350 e. The first-order valence-corrected chi connectivity index (χ1v) is 9.85. The molecule has 2 N–H and O–H groups in total. The summed E-state index contributed by atoms with van der Waals surface area (Å²) in [4.78, 5) is 56.4. The number of nitrogens with one attached hydrogen (secondary N) is 2. The van der Waals surface area contributed by atoms with Crippen molar-refractivity contribution in [2.75, 3.05) is 6.54 Å². The molecule has 0 aliphatic heterocycles. The first-order valence-electron chi connectivity index (χ1n) is 9.85. The maximum atomic E-state index is 12.7. The van der Waals surface area contributed by atoms with Crippen molar-refractivity contribution >= 4 is 5.91 Å². The second kappa shape index (κ2) is 9.09. The van der Waals surface area contributed by atoms with E-state index in [4.69, 9.17) is 0 Å². The second-order valence-corrected chi connectivity index (χ2v) is 6.91. The van der Waals surface area contributed by atoms with Crippen molar-refractivity contribution < 1.29 is 4.79 Å². The number of para-hydroxylation sites is 1. The van der Waals surface area contributed by atoms with Crippen molar-refractivity contribution in [1.29, 1.82) is 0 Å². The van der Waals surface area contributed by atoms with Gasteiger partial charge in [-0.3, -0.25) is 19.0 Å². The molecule has 160 valence electrons. The third kappa shape index (κ3) is 4.31. The molecule has 0 spiro atoms. The van der Waals surface area contributed by atoms with Crippen LogP contribution in [0.3, 0.4) is 0 Å². The number of nitrogens with zero attached hydrogens (tertiary/aromatic N) is 3. The van der Waals surface area contributed by atoms with E-state index in [1.165, 1.54) is 17.0 Å². The Morgan fingerprint density at radius 2 is 1.66 bits per heavy atom. The number of carbonyl (C=O) groups excluding carboxylic acids is 1. The second-order valence-electron chi connectivity index (χ2n) is 6.91. The molecule has 0 radical (unpaired) electrons. The molecule has 0 saturated heterocycles. The highest BCUT2D eigenvalue weighted by molar-refractivity contribution is 5.93. The number of benzene rings is 2. The lowest BCUT2D eigenvalue weighted by Gasteiger charge is -2.09. The summed E-state index contributed by atoms with van der Waals surface area (Å²) in [5.41, 5.74) is -0.104. The quantitative estimate of drug-likeness (QED) is 0.477. The molecule has 9 nitrogen and oxygen atoms in total. The van der Waals surface area contributed by atoms with E-state index in [1.807, 2.05) is 30.3 Å². The van der Waals surface area contributed by atoms with Crippen LogP contribution in [0, 0.1) is 0 Å². The summed E-state index contributed by atoms with van der Waals surface area (Å²) in [5.74, 6) is -0.655. The number of aromatic amines is 1. The minimum atomic E-state index is -0.733. The SMILES string of the molecule is O=C(NCCn1cnc(-c2ccccc2)cc1=O)c1c[nH]c(=O)n(-c2ccccc2)c1=O. The predicted molar refractivity (Wildman–Crippen MR) is 119 cm³/mol. The Morgan fingerprint density at radius 1 is 0.969 bits per heavy atom. The molecule has 4 aromatic rings. The monoisotopic (exact) mass is 429 g/mol. The van der Waals surface area contributed by atoms with Gasteiger partial charge in [0.1, 0.15) is 5.56 Å². The standard InChI is InChI=1S/C23H19N5O4/c29-20-13-19(16-7-3-1-4-8-16)26-15-27(20)12-11-24-21(30)18-14-25-23(32)28(22(18)31)17-9-5-2-6-10-17/h1-10,13-15H,11-12H2,(H,24,30)(H,25,32). The fraction of sp³-hybridized carbons (Fsp3) is 0.0870. The average molecular weight is 429 g/mol. The molecule has 32 heavy (non-hydrogen) atoms. The maximum Gasteiger partial charge on any atom is 0.333 e. The maximum absolute atomic E-state index is 12.7. The van der Waals surface area contributed by atoms with E-state index in [-0.39, 0.29) is 24.2 Å². The van der Waals surface area contributed by atoms with Gasteiger partial charge >= 0.3 is 5.69 Å². The Labute approximate surface area is 181 Å². The van der Waals surface area contributed by atoms with Crippen LogP contribution in [0.25, 0.3) is 16.9 Å². The molecular formula is C23H19N5O4. The molecule has 0 unspecified atom stereocenters. The number of H-pyrrole nitrogens is 1. The van der Waals surface area contributed by atoms with Gasteiger partial charge in [0.05, 0.1) is 17.7 Å². The van der Waals surface area contributed by atoms with E-state index in [9.17, 15) is 19.2 Å². The van der Waals surface area contributed by atoms with Gasteiger partial charge in [-0.15, -0.1) is 0 Å². The Balaban J connectivity index is 1.47. The molecule has 0 aliphatic rings. The number of hydrogen-bond donors (Lipinski definition) is 2. The van der Waals surface area contributed by atoms with E-state index in [0.717, 1.165) is 16.3 Å².